The number of hydrogen-bond donors (Lipinski definition) is 0. The zero-order valence-corrected chi connectivity index (χ0v) is 17.3. The van der Waals surface area contributed by atoms with Crippen molar-refractivity contribution in [2.45, 2.75) is 15.7 Å². The minimum absolute atomic E-state index is 0.529. The zero-order valence-electron chi connectivity index (χ0n) is 14.9. The lowest BCUT2D eigenvalue weighted by Gasteiger charge is -2.02. The van der Waals surface area contributed by atoms with E-state index in [-0.39, 0.29) is 0 Å². The lowest BCUT2D eigenvalue weighted by atomic mass is 10.1. The second kappa shape index (κ2) is 8.77. The summed E-state index contributed by atoms with van der Waals surface area (Å²) >= 11 is 9.22. The van der Waals surface area contributed by atoms with Gasteiger partial charge in [-0.05, 0) is 54.8 Å². The van der Waals surface area contributed by atoms with Gasteiger partial charge in [-0.3, -0.25) is 0 Å². The van der Waals surface area contributed by atoms with Crippen molar-refractivity contribution in [1.82, 2.24) is 20.3 Å². The molecule has 140 valence electrons. The molecule has 4 rings (SSSR count). The third kappa shape index (κ3) is 4.55. The van der Waals surface area contributed by atoms with Gasteiger partial charge in [0.25, 0.3) is 0 Å². The Morgan fingerprint density at radius 2 is 1.82 bits per heavy atom. The molecule has 0 bridgehead atoms. The summed E-state index contributed by atoms with van der Waals surface area (Å²) in [6, 6.07) is 19.5. The van der Waals surface area contributed by atoms with Gasteiger partial charge in [-0.1, -0.05) is 40.7 Å². The first-order valence-electron chi connectivity index (χ1n) is 8.41. The molecule has 28 heavy (non-hydrogen) atoms. The Morgan fingerprint density at radius 3 is 2.54 bits per heavy atom. The quantitative estimate of drug-likeness (QED) is 0.357. The molecule has 0 saturated heterocycles. The minimum Gasteiger partial charge on any atom is -0.338 e. The van der Waals surface area contributed by atoms with Crippen LogP contribution in [-0.4, -0.2) is 26.6 Å². The molecule has 2 heterocycles. The van der Waals surface area contributed by atoms with Crippen LogP contribution in [0.25, 0.3) is 22.6 Å². The third-order valence-corrected chi connectivity index (χ3v) is 5.80. The van der Waals surface area contributed by atoms with Crippen LogP contribution in [0.3, 0.4) is 0 Å². The van der Waals surface area contributed by atoms with Crippen molar-refractivity contribution in [2.24, 2.45) is 0 Å². The number of nitrogens with zero attached hydrogens (tertiary/aromatic N) is 4. The number of benzene rings is 2. The van der Waals surface area contributed by atoms with Gasteiger partial charge in [0.15, 0.2) is 0 Å². The van der Waals surface area contributed by atoms with Crippen LogP contribution in [0.5, 0.6) is 0 Å². The van der Waals surface area contributed by atoms with E-state index in [1.54, 1.807) is 11.8 Å². The predicted molar refractivity (Wildman–Crippen MR) is 114 cm³/mol. The van der Waals surface area contributed by atoms with Crippen LogP contribution in [-0.2, 0) is 5.75 Å². The maximum atomic E-state index is 6.03. The molecule has 0 unspecified atom stereocenters. The minimum atomic E-state index is 0.529. The van der Waals surface area contributed by atoms with Gasteiger partial charge in [0.2, 0.25) is 11.7 Å². The van der Waals surface area contributed by atoms with Gasteiger partial charge in [0.1, 0.15) is 5.03 Å². The van der Waals surface area contributed by atoms with Crippen LogP contribution >= 0.6 is 35.1 Å². The average molecular weight is 427 g/mol. The van der Waals surface area contributed by atoms with Gasteiger partial charge in [-0.15, -0.1) is 22.0 Å². The van der Waals surface area contributed by atoms with Crippen LogP contribution in [0.4, 0.5) is 0 Å². The topological polar surface area (TPSA) is 64.7 Å². The molecule has 0 aliphatic heterocycles. The molecular formula is C20H15ClN4OS2. The van der Waals surface area contributed by atoms with Crippen molar-refractivity contribution in [2.75, 3.05) is 6.26 Å². The molecule has 4 aromatic rings. The predicted octanol–water partition coefficient (Wildman–Crippen LogP) is 5.86. The molecule has 0 N–H and O–H groups in total. The molecule has 0 spiro atoms. The SMILES string of the molecule is CSc1ccc(-c2noc(CSc3ccc(-c4cccc(Cl)c4)nn3)n2)cc1. The van der Waals surface area contributed by atoms with E-state index in [9.17, 15) is 0 Å². The van der Waals surface area contributed by atoms with E-state index in [1.807, 2.05) is 66.9 Å². The summed E-state index contributed by atoms with van der Waals surface area (Å²) in [5.74, 6) is 1.67. The van der Waals surface area contributed by atoms with Gasteiger partial charge >= 0.3 is 0 Å². The molecule has 0 aliphatic carbocycles. The Bertz CT molecular complexity index is 1070. The molecule has 2 aromatic heterocycles. The summed E-state index contributed by atoms with van der Waals surface area (Å²) in [5.41, 5.74) is 2.65. The third-order valence-electron chi connectivity index (χ3n) is 3.92. The van der Waals surface area contributed by atoms with Gasteiger partial charge in [-0.2, -0.15) is 4.98 Å². The summed E-state index contributed by atoms with van der Waals surface area (Å²) in [5, 5.41) is 14.1. The van der Waals surface area contributed by atoms with E-state index in [2.05, 4.69) is 20.3 Å². The van der Waals surface area contributed by atoms with Crippen molar-refractivity contribution in [3.63, 3.8) is 0 Å². The summed E-state index contributed by atoms with van der Waals surface area (Å²) in [6.07, 6.45) is 2.04. The standard InChI is InChI=1S/C20H15ClN4OS2/c1-27-16-7-5-13(6-8-16)20-22-18(26-25-20)12-28-19-10-9-17(23-24-19)14-3-2-4-15(21)11-14/h2-11H,12H2,1H3. The van der Waals surface area contributed by atoms with Crippen LogP contribution in [0.1, 0.15) is 5.89 Å². The maximum absolute atomic E-state index is 6.03. The molecule has 0 atom stereocenters. The maximum Gasteiger partial charge on any atom is 0.237 e. The second-order valence-corrected chi connectivity index (χ2v) is 8.11. The Labute approximate surface area is 175 Å². The van der Waals surface area contributed by atoms with E-state index < -0.39 is 0 Å². The van der Waals surface area contributed by atoms with E-state index >= 15 is 0 Å². The summed E-state index contributed by atoms with van der Waals surface area (Å²) in [7, 11) is 0. The first-order valence-corrected chi connectivity index (χ1v) is 11.0. The molecule has 2 aromatic carbocycles. The molecule has 0 saturated carbocycles. The van der Waals surface area contributed by atoms with E-state index in [0.717, 1.165) is 21.8 Å². The number of halogens is 1. The van der Waals surface area contributed by atoms with E-state index in [1.165, 1.54) is 16.7 Å². The monoisotopic (exact) mass is 426 g/mol. The van der Waals surface area contributed by atoms with Crippen LogP contribution < -0.4 is 0 Å². The van der Waals surface area contributed by atoms with Gasteiger partial charge in [0, 0.05) is 21.0 Å². The normalized spacial score (nSPS) is 10.9. The Balaban J connectivity index is 1.40. The summed E-state index contributed by atoms with van der Waals surface area (Å²) < 4.78 is 5.35. The Kier molecular flexibility index (Phi) is 5.95. The molecule has 8 heteroatoms. The second-order valence-electron chi connectivity index (χ2n) is 5.80. The fourth-order valence-electron chi connectivity index (χ4n) is 2.51. The molecule has 5 nitrogen and oxygen atoms in total. The molecule has 0 radical (unpaired) electrons. The van der Waals surface area contributed by atoms with Crippen LogP contribution in [0.15, 0.2) is 75.1 Å². The summed E-state index contributed by atoms with van der Waals surface area (Å²) in [6.45, 7) is 0. The van der Waals surface area contributed by atoms with Crippen molar-refractivity contribution in [1.29, 1.82) is 0 Å². The highest BCUT2D eigenvalue weighted by Gasteiger charge is 2.10. The molecular weight excluding hydrogens is 412 g/mol. The fraction of sp³-hybridized carbons (Fsp3) is 0.100. The highest BCUT2D eigenvalue weighted by molar-refractivity contribution is 7.98. The smallest absolute Gasteiger partial charge is 0.237 e. The van der Waals surface area contributed by atoms with Crippen molar-refractivity contribution in [3.8, 4) is 22.6 Å². The lowest BCUT2D eigenvalue weighted by Crippen LogP contribution is -1.90. The zero-order chi connectivity index (χ0) is 19.3. The Morgan fingerprint density at radius 1 is 0.964 bits per heavy atom. The number of aromatic nitrogens is 4. The highest BCUT2D eigenvalue weighted by Crippen LogP contribution is 2.25. The largest absolute Gasteiger partial charge is 0.338 e. The van der Waals surface area contributed by atoms with Crippen LogP contribution in [0.2, 0.25) is 5.02 Å². The highest BCUT2D eigenvalue weighted by atomic mass is 35.5. The Hall–Kier alpha value is -2.35. The number of rotatable bonds is 6. The van der Waals surface area contributed by atoms with Crippen molar-refractivity contribution in [3.05, 3.63) is 71.6 Å². The number of thioether (sulfide) groups is 2. The van der Waals surface area contributed by atoms with Gasteiger partial charge in [-0.25, -0.2) is 0 Å². The summed E-state index contributed by atoms with van der Waals surface area (Å²) in [4.78, 5) is 5.65. The van der Waals surface area contributed by atoms with Crippen molar-refractivity contribution >= 4 is 35.1 Å². The molecule has 0 aliphatic rings. The first-order chi connectivity index (χ1) is 13.7. The number of hydrogen-bond acceptors (Lipinski definition) is 7. The van der Waals surface area contributed by atoms with E-state index in [4.69, 9.17) is 16.1 Å². The molecule has 0 fully saturated rings. The van der Waals surface area contributed by atoms with Gasteiger partial charge < -0.3 is 4.52 Å². The molecule has 0 amide bonds. The van der Waals surface area contributed by atoms with Crippen molar-refractivity contribution < 1.29 is 4.52 Å². The van der Waals surface area contributed by atoms with Gasteiger partial charge in [0.05, 0.1) is 11.4 Å². The lowest BCUT2D eigenvalue weighted by molar-refractivity contribution is 0.391. The van der Waals surface area contributed by atoms with E-state index in [0.29, 0.717) is 22.5 Å². The fourth-order valence-corrected chi connectivity index (χ4v) is 3.76. The first kappa shape index (κ1) is 19.0. The average Bonchev–Trinajstić information content (AvgIpc) is 3.22. The van der Waals surface area contributed by atoms with Crippen LogP contribution in [0, 0.1) is 0 Å².